The quantitative estimate of drug-likeness (QED) is 0.502. The van der Waals surface area contributed by atoms with E-state index in [9.17, 15) is 14.5 Å². The number of benzene rings is 1. The van der Waals surface area contributed by atoms with E-state index in [1.54, 1.807) is 17.4 Å². The average molecular weight is 280 g/mol. The summed E-state index contributed by atoms with van der Waals surface area (Å²) in [5, 5.41) is 15.7. The number of thiophene rings is 1. The number of rotatable bonds is 6. The van der Waals surface area contributed by atoms with Crippen LogP contribution >= 0.6 is 11.3 Å². The van der Waals surface area contributed by atoms with Gasteiger partial charge in [-0.3, -0.25) is 10.1 Å². The largest absolute Gasteiger partial charge is 0.312 e. The van der Waals surface area contributed by atoms with Crippen LogP contribution in [0.3, 0.4) is 0 Å². The van der Waals surface area contributed by atoms with Gasteiger partial charge >= 0.3 is 5.69 Å². The van der Waals surface area contributed by atoms with Crippen molar-refractivity contribution >= 4 is 17.0 Å². The van der Waals surface area contributed by atoms with Gasteiger partial charge in [0.1, 0.15) is 0 Å². The summed E-state index contributed by atoms with van der Waals surface area (Å²) < 4.78 is 13.7. The van der Waals surface area contributed by atoms with Gasteiger partial charge in [-0.25, -0.2) is 0 Å². The van der Waals surface area contributed by atoms with Crippen molar-refractivity contribution in [1.29, 1.82) is 0 Å². The van der Waals surface area contributed by atoms with E-state index in [0.717, 1.165) is 6.42 Å². The third kappa shape index (κ3) is 3.59. The first-order valence-corrected chi connectivity index (χ1v) is 6.71. The van der Waals surface area contributed by atoms with Crippen LogP contribution in [0.1, 0.15) is 10.4 Å². The van der Waals surface area contributed by atoms with Gasteiger partial charge in [0, 0.05) is 29.6 Å². The van der Waals surface area contributed by atoms with Gasteiger partial charge in [-0.05, 0) is 17.9 Å². The van der Waals surface area contributed by atoms with E-state index in [1.807, 2.05) is 17.5 Å². The lowest BCUT2D eigenvalue weighted by atomic mass is 10.2. The van der Waals surface area contributed by atoms with Crippen LogP contribution in [0, 0.1) is 15.9 Å². The molecule has 0 atom stereocenters. The standard InChI is InChI=1S/C13H13FN2O2S/c14-13-10(3-1-5-12(13)16(17)18)9-15-7-6-11-4-2-8-19-11/h1-5,8,15H,6-7,9H2. The van der Waals surface area contributed by atoms with E-state index in [0.29, 0.717) is 18.7 Å². The molecule has 0 aliphatic heterocycles. The lowest BCUT2D eigenvalue weighted by Crippen LogP contribution is -2.17. The van der Waals surface area contributed by atoms with Gasteiger partial charge < -0.3 is 5.32 Å². The Morgan fingerprint density at radius 3 is 2.84 bits per heavy atom. The summed E-state index contributed by atoms with van der Waals surface area (Å²) in [7, 11) is 0. The number of halogens is 1. The summed E-state index contributed by atoms with van der Waals surface area (Å²) in [5.41, 5.74) is -0.155. The summed E-state index contributed by atoms with van der Waals surface area (Å²) in [4.78, 5) is 11.2. The minimum absolute atomic E-state index is 0.291. The van der Waals surface area contributed by atoms with E-state index >= 15 is 0 Å². The monoisotopic (exact) mass is 280 g/mol. The lowest BCUT2D eigenvalue weighted by Gasteiger charge is -2.05. The van der Waals surface area contributed by atoms with Crippen molar-refractivity contribution in [3.63, 3.8) is 0 Å². The molecule has 0 aliphatic carbocycles. The van der Waals surface area contributed by atoms with Crippen molar-refractivity contribution in [3.8, 4) is 0 Å². The first kappa shape index (κ1) is 13.6. The first-order chi connectivity index (χ1) is 9.18. The van der Waals surface area contributed by atoms with Crippen molar-refractivity contribution in [1.82, 2.24) is 5.32 Å². The summed E-state index contributed by atoms with van der Waals surface area (Å²) in [6.45, 7) is 1.00. The Balaban J connectivity index is 1.89. The maximum Gasteiger partial charge on any atom is 0.305 e. The highest BCUT2D eigenvalue weighted by Crippen LogP contribution is 2.19. The molecule has 0 bridgehead atoms. The minimum atomic E-state index is -0.754. The number of nitrogens with one attached hydrogen (secondary N) is 1. The average Bonchev–Trinajstić information content (AvgIpc) is 2.89. The zero-order chi connectivity index (χ0) is 13.7. The number of nitro benzene ring substituents is 1. The molecule has 0 saturated heterocycles. The normalized spacial score (nSPS) is 10.6. The molecule has 0 unspecified atom stereocenters. The van der Waals surface area contributed by atoms with E-state index < -0.39 is 16.4 Å². The maximum atomic E-state index is 13.7. The van der Waals surface area contributed by atoms with Gasteiger partial charge in [0.05, 0.1) is 4.92 Å². The SMILES string of the molecule is O=[N+]([O-])c1cccc(CNCCc2cccs2)c1F. The maximum absolute atomic E-state index is 13.7. The van der Waals surface area contributed by atoms with Crippen LogP contribution in [0.15, 0.2) is 35.7 Å². The van der Waals surface area contributed by atoms with Gasteiger partial charge in [0.25, 0.3) is 0 Å². The van der Waals surface area contributed by atoms with Crippen molar-refractivity contribution < 1.29 is 9.31 Å². The van der Waals surface area contributed by atoms with Crippen molar-refractivity contribution in [2.75, 3.05) is 6.54 Å². The molecule has 1 aromatic heterocycles. The highest BCUT2D eigenvalue weighted by molar-refractivity contribution is 7.09. The Kier molecular flexibility index (Phi) is 4.59. The highest BCUT2D eigenvalue weighted by Gasteiger charge is 2.16. The number of nitrogens with zero attached hydrogens (tertiary/aromatic N) is 1. The number of hydrogen-bond acceptors (Lipinski definition) is 4. The van der Waals surface area contributed by atoms with E-state index in [4.69, 9.17) is 0 Å². The zero-order valence-electron chi connectivity index (χ0n) is 10.1. The van der Waals surface area contributed by atoms with Gasteiger partial charge in [0.15, 0.2) is 0 Å². The molecular formula is C13H13FN2O2S. The van der Waals surface area contributed by atoms with Gasteiger partial charge in [-0.2, -0.15) is 4.39 Å². The Morgan fingerprint density at radius 1 is 1.32 bits per heavy atom. The highest BCUT2D eigenvalue weighted by atomic mass is 32.1. The molecule has 0 amide bonds. The van der Waals surface area contributed by atoms with Crippen LogP contribution in [-0.2, 0) is 13.0 Å². The first-order valence-electron chi connectivity index (χ1n) is 5.83. The summed E-state index contributed by atoms with van der Waals surface area (Å²) in [5.74, 6) is -0.754. The Hall–Kier alpha value is -1.79. The van der Waals surface area contributed by atoms with Crippen molar-refractivity contribution in [3.05, 3.63) is 62.1 Å². The second kappa shape index (κ2) is 6.40. The van der Waals surface area contributed by atoms with Crippen LogP contribution in [-0.4, -0.2) is 11.5 Å². The molecule has 1 aromatic carbocycles. The zero-order valence-corrected chi connectivity index (χ0v) is 11.0. The summed E-state index contributed by atoms with van der Waals surface area (Å²) in [6, 6.07) is 8.25. The fourth-order valence-electron chi connectivity index (χ4n) is 1.73. The van der Waals surface area contributed by atoms with Crippen molar-refractivity contribution in [2.45, 2.75) is 13.0 Å². The third-order valence-electron chi connectivity index (χ3n) is 2.70. The molecule has 19 heavy (non-hydrogen) atoms. The predicted molar refractivity (Wildman–Crippen MR) is 72.8 cm³/mol. The van der Waals surface area contributed by atoms with Crippen LogP contribution in [0.4, 0.5) is 10.1 Å². The molecule has 4 nitrogen and oxygen atoms in total. The molecule has 1 heterocycles. The summed E-state index contributed by atoms with van der Waals surface area (Å²) >= 11 is 1.68. The Labute approximate surface area is 114 Å². The lowest BCUT2D eigenvalue weighted by molar-refractivity contribution is -0.387. The smallest absolute Gasteiger partial charge is 0.305 e. The topological polar surface area (TPSA) is 55.2 Å². The minimum Gasteiger partial charge on any atom is -0.312 e. The van der Waals surface area contributed by atoms with E-state index in [1.165, 1.54) is 17.0 Å². The molecule has 0 radical (unpaired) electrons. The molecule has 0 fully saturated rings. The molecule has 1 N–H and O–H groups in total. The van der Waals surface area contributed by atoms with Crippen molar-refractivity contribution in [2.24, 2.45) is 0 Å². The molecular weight excluding hydrogens is 267 g/mol. The Morgan fingerprint density at radius 2 is 2.16 bits per heavy atom. The van der Waals surface area contributed by atoms with E-state index in [2.05, 4.69) is 5.32 Å². The molecule has 0 spiro atoms. The fourth-order valence-corrected chi connectivity index (χ4v) is 2.44. The van der Waals surface area contributed by atoms with Crippen LogP contribution in [0.5, 0.6) is 0 Å². The second-order valence-corrected chi connectivity index (χ2v) is 5.05. The van der Waals surface area contributed by atoms with Gasteiger partial charge in [-0.1, -0.05) is 18.2 Å². The van der Waals surface area contributed by atoms with E-state index in [-0.39, 0.29) is 0 Å². The summed E-state index contributed by atoms with van der Waals surface area (Å²) in [6.07, 6.45) is 0.869. The molecule has 100 valence electrons. The number of nitro groups is 1. The molecule has 0 saturated carbocycles. The predicted octanol–water partition coefficient (Wildman–Crippen LogP) is 3.13. The number of hydrogen-bond donors (Lipinski definition) is 1. The second-order valence-electron chi connectivity index (χ2n) is 4.01. The van der Waals surface area contributed by atoms with Crippen LogP contribution in [0.25, 0.3) is 0 Å². The molecule has 2 aromatic rings. The molecule has 2 rings (SSSR count). The fraction of sp³-hybridized carbons (Fsp3) is 0.231. The molecule has 0 aliphatic rings. The van der Waals surface area contributed by atoms with Crippen LogP contribution in [0.2, 0.25) is 0 Å². The van der Waals surface area contributed by atoms with Gasteiger partial charge in [-0.15, -0.1) is 11.3 Å². The van der Waals surface area contributed by atoms with Gasteiger partial charge in [0.2, 0.25) is 5.82 Å². The molecule has 6 heteroatoms. The third-order valence-corrected chi connectivity index (χ3v) is 3.63. The van der Waals surface area contributed by atoms with Crippen LogP contribution < -0.4 is 5.32 Å². The Bertz CT molecular complexity index is 558.